The van der Waals surface area contributed by atoms with Gasteiger partial charge < -0.3 is 10.6 Å². The molecule has 2 aliphatic heterocycles. The van der Waals surface area contributed by atoms with Crippen LogP contribution < -0.4 is 5.73 Å². The lowest BCUT2D eigenvalue weighted by atomic mass is 10.1. The Morgan fingerprint density at radius 3 is 2.32 bits per heavy atom. The first-order chi connectivity index (χ1) is 11.1. The zero-order valence-corrected chi connectivity index (χ0v) is 16.5. The van der Waals surface area contributed by atoms with E-state index in [-0.39, 0.29) is 30.9 Å². The molecule has 1 atom stereocenters. The number of rotatable bonds is 4. The van der Waals surface area contributed by atoms with Crippen molar-refractivity contribution in [1.82, 2.24) is 14.7 Å². The van der Waals surface area contributed by atoms with E-state index in [1.165, 1.54) is 5.56 Å². The minimum absolute atomic E-state index is 0. The van der Waals surface area contributed by atoms with Gasteiger partial charge in [-0.25, -0.2) is 0 Å². The van der Waals surface area contributed by atoms with Crippen molar-refractivity contribution >= 4 is 36.4 Å². The van der Waals surface area contributed by atoms with E-state index >= 15 is 0 Å². The summed E-state index contributed by atoms with van der Waals surface area (Å²) in [6.45, 7) is 8.82. The predicted octanol–water partition coefficient (Wildman–Crippen LogP) is 2.24. The van der Waals surface area contributed by atoms with Gasteiger partial charge in [-0.1, -0.05) is 12.1 Å². The molecule has 0 saturated carbocycles. The van der Waals surface area contributed by atoms with Crippen molar-refractivity contribution in [2.45, 2.75) is 32.4 Å². The number of hydrogen-bond acceptors (Lipinski definition) is 4. The highest BCUT2D eigenvalue weighted by molar-refractivity contribution is 5.85. The number of carbonyl (C=O) groups excluding carboxylic acids is 1. The van der Waals surface area contributed by atoms with E-state index in [0.29, 0.717) is 5.91 Å². The molecule has 1 aromatic carbocycles. The third-order valence-corrected chi connectivity index (χ3v) is 5.09. The van der Waals surface area contributed by atoms with E-state index in [1.807, 2.05) is 23.1 Å². The van der Waals surface area contributed by atoms with Crippen molar-refractivity contribution in [3.05, 3.63) is 29.8 Å². The van der Waals surface area contributed by atoms with Crippen LogP contribution in [0.4, 0.5) is 5.69 Å². The Morgan fingerprint density at radius 1 is 1.08 bits per heavy atom. The van der Waals surface area contributed by atoms with Gasteiger partial charge in [0.1, 0.15) is 0 Å². The van der Waals surface area contributed by atoms with Crippen LogP contribution in [0.1, 0.15) is 25.3 Å². The molecule has 0 aromatic heterocycles. The summed E-state index contributed by atoms with van der Waals surface area (Å²) in [5.74, 6) is 0.312. The van der Waals surface area contributed by atoms with E-state index in [9.17, 15) is 4.79 Å². The van der Waals surface area contributed by atoms with Gasteiger partial charge in [0.15, 0.2) is 0 Å². The fourth-order valence-electron chi connectivity index (χ4n) is 3.62. The predicted molar refractivity (Wildman–Crippen MR) is 107 cm³/mol. The summed E-state index contributed by atoms with van der Waals surface area (Å²) in [7, 11) is 0. The van der Waals surface area contributed by atoms with E-state index in [0.717, 1.165) is 64.3 Å². The monoisotopic (exact) mass is 388 g/mol. The Bertz CT molecular complexity index is 544. The average Bonchev–Trinajstić information content (AvgIpc) is 3.09. The molecule has 7 heteroatoms. The van der Waals surface area contributed by atoms with Crippen molar-refractivity contribution < 1.29 is 4.79 Å². The minimum atomic E-state index is 0. The first-order valence-corrected chi connectivity index (χ1v) is 8.73. The largest absolute Gasteiger partial charge is 0.399 e. The number of hydrogen-bond donors (Lipinski definition) is 1. The van der Waals surface area contributed by atoms with E-state index < -0.39 is 0 Å². The zero-order chi connectivity index (χ0) is 16.2. The van der Waals surface area contributed by atoms with Gasteiger partial charge in [-0.3, -0.25) is 14.6 Å². The first-order valence-electron chi connectivity index (χ1n) is 8.73. The van der Waals surface area contributed by atoms with E-state index in [4.69, 9.17) is 5.73 Å². The lowest BCUT2D eigenvalue weighted by Crippen LogP contribution is -2.54. The molecule has 0 radical (unpaired) electrons. The number of carbonyl (C=O) groups is 1. The molecule has 2 heterocycles. The number of piperazine rings is 1. The van der Waals surface area contributed by atoms with Crippen LogP contribution in [0.15, 0.2) is 24.3 Å². The van der Waals surface area contributed by atoms with Crippen molar-refractivity contribution in [3.63, 3.8) is 0 Å². The van der Waals surface area contributed by atoms with Gasteiger partial charge in [0.2, 0.25) is 5.91 Å². The number of nitrogens with zero attached hydrogens (tertiary/aromatic N) is 3. The zero-order valence-electron chi connectivity index (χ0n) is 14.9. The van der Waals surface area contributed by atoms with Crippen LogP contribution in [0.3, 0.4) is 0 Å². The summed E-state index contributed by atoms with van der Waals surface area (Å²) in [6.07, 6.45) is 2.32. The number of benzene rings is 1. The molecule has 0 aliphatic carbocycles. The maximum absolute atomic E-state index is 12.5. The summed E-state index contributed by atoms with van der Waals surface area (Å²) in [4.78, 5) is 19.3. The lowest BCUT2D eigenvalue weighted by Gasteiger charge is -2.38. The molecular weight excluding hydrogens is 359 g/mol. The molecule has 5 nitrogen and oxygen atoms in total. The van der Waals surface area contributed by atoms with Crippen LogP contribution in [0.5, 0.6) is 0 Å². The van der Waals surface area contributed by atoms with Crippen LogP contribution in [0, 0.1) is 0 Å². The molecule has 1 unspecified atom stereocenters. The van der Waals surface area contributed by atoms with Crippen LogP contribution in [0.2, 0.25) is 0 Å². The normalized spacial score (nSPS) is 19.8. The van der Waals surface area contributed by atoms with Crippen molar-refractivity contribution in [1.29, 1.82) is 0 Å². The Balaban J connectivity index is 0.00000156. The molecule has 1 amide bonds. The fraction of sp³-hybridized carbons (Fsp3) is 0.611. The molecule has 3 rings (SSSR count). The molecule has 0 bridgehead atoms. The van der Waals surface area contributed by atoms with Gasteiger partial charge in [0, 0.05) is 51.5 Å². The summed E-state index contributed by atoms with van der Waals surface area (Å²) >= 11 is 0. The first kappa shape index (κ1) is 22.0. The highest BCUT2D eigenvalue weighted by Gasteiger charge is 2.29. The van der Waals surface area contributed by atoms with E-state index in [2.05, 4.69) is 22.8 Å². The van der Waals surface area contributed by atoms with Crippen molar-refractivity contribution in [2.24, 2.45) is 0 Å². The van der Waals surface area contributed by atoms with Crippen LogP contribution >= 0.6 is 24.8 Å². The highest BCUT2D eigenvalue weighted by Crippen LogP contribution is 2.15. The van der Waals surface area contributed by atoms with Gasteiger partial charge in [-0.15, -0.1) is 24.8 Å². The van der Waals surface area contributed by atoms with E-state index in [1.54, 1.807) is 0 Å². The molecule has 2 fully saturated rings. The minimum Gasteiger partial charge on any atom is -0.399 e. The Hall–Kier alpha value is -1.01. The number of likely N-dealkylation sites (tertiary alicyclic amines) is 1. The van der Waals surface area contributed by atoms with Crippen LogP contribution in [0.25, 0.3) is 0 Å². The highest BCUT2D eigenvalue weighted by atomic mass is 35.5. The van der Waals surface area contributed by atoms with Gasteiger partial charge in [-0.2, -0.15) is 0 Å². The molecule has 142 valence electrons. The Labute approximate surface area is 163 Å². The average molecular weight is 389 g/mol. The lowest BCUT2D eigenvalue weighted by molar-refractivity contribution is -0.136. The fourth-order valence-corrected chi connectivity index (χ4v) is 3.62. The summed E-state index contributed by atoms with van der Waals surface area (Å²) in [5, 5.41) is 0. The summed E-state index contributed by atoms with van der Waals surface area (Å²) in [5.41, 5.74) is 7.94. The second kappa shape index (κ2) is 10.2. The van der Waals surface area contributed by atoms with Crippen molar-refractivity contribution in [2.75, 3.05) is 45.0 Å². The molecule has 0 spiro atoms. The SMILES string of the molecule is CC(C(=O)N1CCCC1)N1CCN(Cc2cccc(N)c2)CC1.Cl.Cl. The molecule has 2 saturated heterocycles. The number of anilines is 1. The number of halogens is 2. The Kier molecular flexibility index (Phi) is 9.00. The molecule has 2 aliphatic rings. The molecular formula is C18H30Cl2N4O. The maximum Gasteiger partial charge on any atom is 0.239 e. The van der Waals surface area contributed by atoms with Gasteiger partial charge in [0.25, 0.3) is 0 Å². The quantitative estimate of drug-likeness (QED) is 0.803. The van der Waals surface area contributed by atoms with Crippen LogP contribution in [-0.4, -0.2) is 65.9 Å². The van der Waals surface area contributed by atoms with Gasteiger partial charge >= 0.3 is 0 Å². The number of amides is 1. The smallest absolute Gasteiger partial charge is 0.239 e. The molecule has 2 N–H and O–H groups in total. The van der Waals surface area contributed by atoms with Gasteiger partial charge in [-0.05, 0) is 37.5 Å². The maximum atomic E-state index is 12.5. The number of nitrogen functional groups attached to an aromatic ring is 1. The summed E-state index contributed by atoms with van der Waals surface area (Å²) < 4.78 is 0. The third kappa shape index (κ3) is 5.74. The van der Waals surface area contributed by atoms with Crippen molar-refractivity contribution in [3.8, 4) is 0 Å². The topological polar surface area (TPSA) is 52.8 Å². The standard InChI is InChI=1S/C18H28N4O.2ClH/c1-15(18(23)22-7-2-3-8-22)21-11-9-20(10-12-21)14-16-5-4-6-17(19)13-16;;/h4-6,13,15H,2-3,7-12,14,19H2,1H3;2*1H. The molecule has 25 heavy (non-hydrogen) atoms. The second-order valence-corrected chi connectivity index (χ2v) is 6.77. The summed E-state index contributed by atoms with van der Waals surface area (Å²) in [6, 6.07) is 8.13. The second-order valence-electron chi connectivity index (χ2n) is 6.77. The number of nitrogens with two attached hydrogens (primary N) is 1. The van der Waals surface area contributed by atoms with Gasteiger partial charge in [0.05, 0.1) is 6.04 Å². The molecule has 1 aromatic rings. The third-order valence-electron chi connectivity index (χ3n) is 5.09. The van der Waals surface area contributed by atoms with Crippen LogP contribution in [-0.2, 0) is 11.3 Å². The Morgan fingerprint density at radius 2 is 1.72 bits per heavy atom.